The third-order valence-electron chi connectivity index (χ3n) is 3.65. The zero-order valence-corrected chi connectivity index (χ0v) is 12.5. The summed E-state index contributed by atoms with van der Waals surface area (Å²) in [6, 6.07) is 7.33. The van der Waals surface area contributed by atoms with Gasteiger partial charge in [0, 0.05) is 10.7 Å². The van der Waals surface area contributed by atoms with E-state index in [-0.39, 0.29) is 5.84 Å². The first-order chi connectivity index (χ1) is 10.0. The normalized spacial score (nSPS) is 13.0. The van der Waals surface area contributed by atoms with Crippen molar-refractivity contribution in [3.8, 4) is 11.6 Å². The molecule has 0 spiro atoms. The number of fused-ring (bicyclic) bond motifs is 1. The molecule has 3 N–H and O–H groups in total. The Kier molecular flexibility index (Phi) is 3.55. The van der Waals surface area contributed by atoms with Crippen molar-refractivity contribution < 1.29 is 4.74 Å². The molecule has 3 rings (SSSR count). The summed E-state index contributed by atoms with van der Waals surface area (Å²) in [7, 11) is 0. The number of aromatic nitrogens is 1. The molecule has 108 valence electrons. The van der Waals surface area contributed by atoms with E-state index in [4.69, 9.17) is 27.5 Å². The molecule has 0 fully saturated rings. The minimum absolute atomic E-state index is 0.0289. The molecule has 1 aliphatic carbocycles. The number of nitrogens with zero attached hydrogens (tertiary/aromatic N) is 1. The second-order valence-corrected chi connectivity index (χ2v) is 5.66. The summed E-state index contributed by atoms with van der Waals surface area (Å²) in [6.45, 7) is 1.92. The molecule has 0 saturated heterocycles. The molecule has 0 atom stereocenters. The Morgan fingerprint density at radius 2 is 2.14 bits per heavy atom. The van der Waals surface area contributed by atoms with E-state index in [9.17, 15) is 0 Å². The van der Waals surface area contributed by atoms with Crippen molar-refractivity contribution in [2.75, 3.05) is 0 Å². The molecular formula is C16H16ClN3O. The van der Waals surface area contributed by atoms with E-state index in [2.05, 4.69) is 4.98 Å². The van der Waals surface area contributed by atoms with Crippen LogP contribution in [0.3, 0.4) is 0 Å². The molecule has 0 radical (unpaired) electrons. The van der Waals surface area contributed by atoms with Gasteiger partial charge in [-0.05, 0) is 61.6 Å². The van der Waals surface area contributed by atoms with Crippen LogP contribution in [-0.4, -0.2) is 10.8 Å². The van der Waals surface area contributed by atoms with Crippen molar-refractivity contribution >= 4 is 17.4 Å². The van der Waals surface area contributed by atoms with Crippen LogP contribution >= 0.6 is 11.6 Å². The Bertz CT molecular complexity index is 728. The number of nitrogens with one attached hydrogen (secondary N) is 1. The largest absolute Gasteiger partial charge is 0.438 e. The number of amidine groups is 1. The highest BCUT2D eigenvalue weighted by Crippen LogP contribution is 2.31. The third kappa shape index (κ3) is 2.72. The number of nitrogen functional groups attached to an aromatic ring is 1. The number of hydrogen-bond donors (Lipinski definition) is 2. The summed E-state index contributed by atoms with van der Waals surface area (Å²) in [4.78, 5) is 4.56. The second kappa shape index (κ2) is 5.37. The van der Waals surface area contributed by atoms with E-state index < -0.39 is 0 Å². The zero-order valence-electron chi connectivity index (χ0n) is 11.7. The lowest BCUT2D eigenvalue weighted by molar-refractivity contribution is 0.456. The number of aryl methyl sites for hydroxylation is 3. The molecule has 0 amide bonds. The van der Waals surface area contributed by atoms with Crippen molar-refractivity contribution in [3.05, 3.63) is 51.7 Å². The van der Waals surface area contributed by atoms with E-state index in [0.717, 1.165) is 30.5 Å². The Morgan fingerprint density at radius 3 is 2.86 bits per heavy atom. The van der Waals surface area contributed by atoms with Gasteiger partial charge in [-0.3, -0.25) is 5.41 Å². The fourth-order valence-corrected chi connectivity index (χ4v) is 2.78. The lowest BCUT2D eigenvalue weighted by Gasteiger charge is -2.13. The standard InChI is InChI=1S/C16H16ClN3O/c1-9-7-11(17)5-6-14(9)21-16-12(15(18)19)8-10-3-2-4-13(10)20-16/h5-8H,2-4H2,1H3,(H3,18,19). The van der Waals surface area contributed by atoms with Crippen LogP contribution in [-0.2, 0) is 12.8 Å². The van der Waals surface area contributed by atoms with Crippen molar-refractivity contribution in [3.63, 3.8) is 0 Å². The molecule has 1 aliphatic rings. The van der Waals surface area contributed by atoms with Crippen molar-refractivity contribution in [1.29, 1.82) is 5.41 Å². The molecule has 1 heterocycles. The number of rotatable bonds is 3. The monoisotopic (exact) mass is 301 g/mol. The molecule has 2 aromatic rings. The van der Waals surface area contributed by atoms with Gasteiger partial charge in [-0.1, -0.05) is 11.6 Å². The lowest BCUT2D eigenvalue weighted by atomic mass is 10.1. The fourth-order valence-electron chi connectivity index (χ4n) is 2.56. The zero-order chi connectivity index (χ0) is 15.0. The Balaban J connectivity index is 2.03. The van der Waals surface area contributed by atoms with E-state index in [1.54, 1.807) is 12.1 Å². The van der Waals surface area contributed by atoms with E-state index in [1.165, 1.54) is 5.56 Å². The molecule has 0 saturated carbocycles. The van der Waals surface area contributed by atoms with Crippen molar-refractivity contribution in [2.45, 2.75) is 26.2 Å². The quantitative estimate of drug-likeness (QED) is 0.672. The van der Waals surface area contributed by atoms with Gasteiger partial charge in [0.05, 0.1) is 5.56 Å². The van der Waals surface area contributed by atoms with Gasteiger partial charge in [-0.2, -0.15) is 0 Å². The molecule has 5 heteroatoms. The third-order valence-corrected chi connectivity index (χ3v) is 3.88. The maximum atomic E-state index is 7.73. The van der Waals surface area contributed by atoms with Crippen LogP contribution < -0.4 is 10.5 Å². The predicted molar refractivity (Wildman–Crippen MR) is 83.5 cm³/mol. The van der Waals surface area contributed by atoms with Crippen LogP contribution in [0.4, 0.5) is 0 Å². The summed E-state index contributed by atoms with van der Waals surface area (Å²) in [5.74, 6) is 1.04. The average molecular weight is 302 g/mol. The Hall–Kier alpha value is -2.07. The minimum atomic E-state index is -0.0289. The van der Waals surface area contributed by atoms with Gasteiger partial charge in [0.25, 0.3) is 0 Å². The average Bonchev–Trinajstić information content (AvgIpc) is 2.88. The SMILES string of the molecule is Cc1cc(Cl)ccc1Oc1nc2c(cc1C(=N)N)CCC2. The van der Waals surface area contributed by atoms with Crippen LogP contribution in [0, 0.1) is 12.3 Å². The summed E-state index contributed by atoms with van der Waals surface area (Å²) in [5, 5.41) is 8.39. The van der Waals surface area contributed by atoms with Crippen LogP contribution in [0.5, 0.6) is 11.6 Å². The first-order valence-electron chi connectivity index (χ1n) is 6.86. The van der Waals surface area contributed by atoms with Gasteiger partial charge in [-0.15, -0.1) is 0 Å². The molecular weight excluding hydrogens is 286 g/mol. The number of nitrogens with two attached hydrogens (primary N) is 1. The number of hydrogen-bond acceptors (Lipinski definition) is 3. The van der Waals surface area contributed by atoms with Crippen LogP contribution in [0.15, 0.2) is 24.3 Å². The highest BCUT2D eigenvalue weighted by atomic mass is 35.5. The summed E-state index contributed by atoms with van der Waals surface area (Å²) < 4.78 is 5.89. The highest BCUT2D eigenvalue weighted by Gasteiger charge is 2.19. The molecule has 4 nitrogen and oxygen atoms in total. The van der Waals surface area contributed by atoms with E-state index in [1.807, 2.05) is 19.1 Å². The minimum Gasteiger partial charge on any atom is -0.438 e. The molecule has 21 heavy (non-hydrogen) atoms. The number of halogens is 1. The molecule has 1 aromatic carbocycles. The summed E-state index contributed by atoms with van der Waals surface area (Å²) >= 11 is 5.95. The van der Waals surface area contributed by atoms with Gasteiger partial charge in [0.1, 0.15) is 11.6 Å². The predicted octanol–water partition coefficient (Wildman–Crippen LogP) is 3.61. The first-order valence-corrected chi connectivity index (χ1v) is 7.23. The van der Waals surface area contributed by atoms with Crippen molar-refractivity contribution in [2.24, 2.45) is 5.73 Å². The van der Waals surface area contributed by atoms with E-state index >= 15 is 0 Å². The van der Waals surface area contributed by atoms with Crippen LogP contribution in [0.2, 0.25) is 5.02 Å². The first kappa shape index (κ1) is 13.9. The fraction of sp³-hybridized carbons (Fsp3) is 0.250. The number of benzene rings is 1. The smallest absolute Gasteiger partial charge is 0.230 e. The number of ether oxygens (including phenoxy) is 1. The highest BCUT2D eigenvalue weighted by molar-refractivity contribution is 6.30. The maximum absolute atomic E-state index is 7.73. The molecule has 1 aromatic heterocycles. The molecule has 0 unspecified atom stereocenters. The second-order valence-electron chi connectivity index (χ2n) is 5.23. The maximum Gasteiger partial charge on any atom is 0.230 e. The summed E-state index contributed by atoms with van der Waals surface area (Å²) in [5.41, 5.74) is 9.34. The topological polar surface area (TPSA) is 72.0 Å². The van der Waals surface area contributed by atoms with Gasteiger partial charge >= 0.3 is 0 Å². The van der Waals surface area contributed by atoms with Gasteiger partial charge in [0.15, 0.2) is 0 Å². The summed E-state index contributed by atoms with van der Waals surface area (Å²) in [6.07, 6.45) is 3.02. The van der Waals surface area contributed by atoms with Crippen LogP contribution in [0.1, 0.15) is 28.8 Å². The lowest BCUT2D eigenvalue weighted by Crippen LogP contribution is -2.14. The van der Waals surface area contributed by atoms with Gasteiger partial charge < -0.3 is 10.5 Å². The van der Waals surface area contributed by atoms with Gasteiger partial charge in [-0.25, -0.2) is 4.98 Å². The molecule has 0 bridgehead atoms. The van der Waals surface area contributed by atoms with Crippen molar-refractivity contribution in [1.82, 2.24) is 4.98 Å². The van der Waals surface area contributed by atoms with E-state index in [0.29, 0.717) is 22.2 Å². The Labute approximate surface area is 128 Å². The van der Waals surface area contributed by atoms with Crippen LogP contribution in [0.25, 0.3) is 0 Å². The molecule has 0 aliphatic heterocycles. The van der Waals surface area contributed by atoms with Gasteiger partial charge in [0.2, 0.25) is 5.88 Å². The Morgan fingerprint density at radius 1 is 1.33 bits per heavy atom. The number of pyridine rings is 1.